The van der Waals surface area contributed by atoms with E-state index in [1.54, 1.807) is 13.0 Å². The van der Waals surface area contributed by atoms with Gasteiger partial charge in [0.25, 0.3) is 0 Å². The fourth-order valence-electron chi connectivity index (χ4n) is 2.93. The second kappa shape index (κ2) is 5.84. The summed E-state index contributed by atoms with van der Waals surface area (Å²) < 4.78 is 27.8. The maximum absolute atomic E-state index is 12.5. The minimum atomic E-state index is -3.51. The summed E-state index contributed by atoms with van der Waals surface area (Å²) in [7, 11) is -3.51. The summed E-state index contributed by atoms with van der Waals surface area (Å²) in [5.74, 6) is 0.579. The van der Waals surface area contributed by atoms with Crippen molar-refractivity contribution in [3.05, 3.63) is 28.8 Å². The Balaban J connectivity index is 2.29. The van der Waals surface area contributed by atoms with E-state index in [2.05, 4.69) is 11.6 Å². The average Bonchev–Trinajstić information content (AvgIpc) is 2.73. The number of aryl methyl sites for hydroxylation is 2. The van der Waals surface area contributed by atoms with Crippen LogP contribution in [0.25, 0.3) is 0 Å². The van der Waals surface area contributed by atoms with Crippen LogP contribution < -0.4 is 4.72 Å². The molecule has 0 saturated heterocycles. The van der Waals surface area contributed by atoms with Gasteiger partial charge in [0.15, 0.2) is 0 Å². The van der Waals surface area contributed by atoms with E-state index in [9.17, 15) is 13.5 Å². The van der Waals surface area contributed by atoms with E-state index >= 15 is 0 Å². The predicted molar refractivity (Wildman–Crippen MR) is 79.0 cm³/mol. The summed E-state index contributed by atoms with van der Waals surface area (Å²) in [5, 5.41) is 9.30. The monoisotopic (exact) mass is 297 g/mol. The van der Waals surface area contributed by atoms with Crippen molar-refractivity contribution in [2.24, 2.45) is 5.92 Å². The highest BCUT2D eigenvalue weighted by Gasteiger charge is 2.27. The molecular weight excluding hydrogens is 274 g/mol. The first-order chi connectivity index (χ1) is 9.33. The summed E-state index contributed by atoms with van der Waals surface area (Å²) in [6.07, 6.45) is 2.87. The van der Waals surface area contributed by atoms with Crippen molar-refractivity contribution >= 4 is 10.0 Å². The molecule has 20 heavy (non-hydrogen) atoms. The van der Waals surface area contributed by atoms with Gasteiger partial charge in [-0.05, 0) is 61.8 Å². The Labute approximate surface area is 121 Å². The molecule has 1 aliphatic carbocycles. The lowest BCUT2D eigenvalue weighted by Crippen LogP contribution is -2.33. The molecule has 2 unspecified atom stereocenters. The SMILES string of the molecule is Cc1cc(C)c(S(=O)(=O)NC2CCC(C)C2)cc1CO. The van der Waals surface area contributed by atoms with Crippen LogP contribution in [0.1, 0.15) is 42.9 Å². The van der Waals surface area contributed by atoms with Crippen LogP contribution in [0.4, 0.5) is 0 Å². The molecular formula is C15H23NO3S. The van der Waals surface area contributed by atoms with Crippen molar-refractivity contribution in [1.29, 1.82) is 0 Å². The zero-order valence-electron chi connectivity index (χ0n) is 12.3. The van der Waals surface area contributed by atoms with Gasteiger partial charge in [0.2, 0.25) is 10.0 Å². The molecule has 2 atom stereocenters. The largest absolute Gasteiger partial charge is 0.392 e. The Morgan fingerprint density at radius 3 is 2.50 bits per heavy atom. The van der Waals surface area contributed by atoms with Crippen LogP contribution in [0.5, 0.6) is 0 Å². The van der Waals surface area contributed by atoms with Crippen molar-refractivity contribution in [1.82, 2.24) is 4.72 Å². The molecule has 2 rings (SSSR count). The third kappa shape index (κ3) is 3.22. The van der Waals surface area contributed by atoms with Crippen LogP contribution in [0.15, 0.2) is 17.0 Å². The Morgan fingerprint density at radius 1 is 1.25 bits per heavy atom. The molecule has 0 bridgehead atoms. The summed E-state index contributed by atoms with van der Waals surface area (Å²) in [6, 6.07) is 3.44. The van der Waals surface area contributed by atoms with Crippen LogP contribution in [-0.2, 0) is 16.6 Å². The number of aliphatic hydroxyl groups is 1. The Morgan fingerprint density at radius 2 is 1.95 bits per heavy atom. The zero-order chi connectivity index (χ0) is 14.9. The van der Waals surface area contributed by atoms with Crippen molar-refractivity contribution in [2.75, 3.05) is 0 Å². The van der Waals surface area contributed by atoms with Crippen LogP contribution in [0.3, 0.4) is 0 Å². The molecule has 1 fully saturated rings. The molecule has 112 valence electrons. The molecule has 0 aliphatic heterocycles. The molecule has 0 aromatic heterocycles. The second-order valence-electron chi connectivity index (χ2n) is 5.94. The van der Waals surface area contributed by atoms with Gasteiger partial charge in [-0.15, -0.1) is 0 Å². The summed E-state index contributed by atoms with van der Waals surface area (Å²) >= 11 is 0. The molecule has 0 heterocycles. The minimum Gasteiger partial charge on any atom is -0.392 e. The quantitative estimate of drug-likeness (QED) is 0.896. The molecule has 0 amide bonds. The molecule has 1 aromatic carbocycles. The number of sulfonamides is 1. The number of rotatable bonds is 4. The highest BCUT2D eigenvalue weighted by atomic mass is 32.2. The van der Waals surface area contributed by atoms with E-state index in [4.69, 9.17) is 0 Å². The fourth-order valence-corrected chi connectivity index (χ4v) is 4.49. The number of benzene rings is 1. The second-order valence-corrected chi connectivity index (χ2v) is 7.62. The van der Waals surface area contributed by atoms with Gasteiger partial charge in [0, 0.05) is 6.04 Å². The van der Waals surface area contributed by atoms with E-state index in [1.165, 1.54) is 0 Å². The Hall–Kier alpha value is -0.910. The molecule has 1 aliphatic rings. The van der Waals surface area contributed by atoms with Gasteiger partial charge in [-0.2, -0.15) is 0 Å². The molecule has 0 radical (unpaired) electrons. The van der Waals surface area contributed by atoms with Crippen molar-refractivity contribution in [3.8, 4) is 0 Å². The predicted octanol–water partition coefficient (Wildman–Crippen LogP) is 2.26. The van der Waals surface area contributed by atoms with Gasteiger partial charge in [-0.25, -0.2) is 13.1 Å². The van der Waals surface area contributed by atoms with Gasteiger partial charge in [-0.1, -0.05) is 13.0 Å². The molecule has 0 spiro atoms. The Bertz CT molecular complexity index is 595. The van der Waals surface area contributed by atoms with Gasteiger partial charge in [0.05, 0.1) is 11.5 Å². The fraction of sp³-hybridized carbons (Fsp3) is 0.600. The van der Waals surface area contributed by atoms with E-state index in [0.29, 0.717) is 11.5 Å². The van der Waals surface area contributed by atoms with Crippen LogP contribution in [0, 0.1) is 19.8 Å². The highest BCUT2D eigenvalue weighted by Crippen LogP contribution is 2.27. The smallest absolute Gasteiger partial charge is 0.241 e. The van der Waals surface area contributed by atoms with Crippen LogP contribution in [-0.4, -0.2) is 19.6 Å². The Kier molecular flexibility index (Phi) is 4.52. The van der Waals surface area contributed by atoms with Gasteiger partial charge in [0.1, 0.15) is 0 Å². The maximum Gasteiger partial charge on any atom is 0.241 e. The van der Waals surface area contributed by atoms with Crippen LogP contribution in [0.2, 0.25) is 0 Å². The molecule has 4 nitrogen and oxygen atoms in total. The first-order valence-electron chi connectivity index (χ1n) is 7.07. The van der Waals surface area contributed by atoms with E-state index < -0.39 is 10.0 Å². The first-order valence-corrected chi connectivity index (χ1v) is 8.55. The molecule has 1 saturated carbocycles. The lowest BCUT2D eigenvalue weighted by atomic mass is 10.1. The van der Waals surface area contributed by atoms with Crippen LogP contribution >= 0.6 is 0 Å². The molecule has 5 heteroatoms. The molecule has 2 N–H and O–H groups in total. The summed E-state index contributed by atoms with van der Waals surface area (Å²) in [6.45, 7) is 5.67. The van der Waals surface area contributed by atoms with Gasteiger partial charge in [-0.3, -0.25) is 0 Å². The molecule has 1 aromatic rings. The summed E-state index contributed by atoms with van der Waals surface area (Å²) in [5.41, 5.74) is 2.30. The van der Waals surface area contributed by atoms with Crippen molar-refractivity contribution < 1.29 is 13.5 Å². The van der Waals surface area contributed by atoms with E-state index in [0.717, 1.165) is 30.4 Å². The van der Waals surface area contributed by atoms with Gasteiger partial charge < -0.3 is 5.11 Å². The highest BCUT2D eigenvalue weighted by molar-refractivity contribution is 7.89. The number of hydrogen-bond donors (Lipinski definition) is 2. The standard InChI is InChI=1S/C15H23NO3S/c1-10-4-5-14(6-10)16-20(18,19)15-8-13(9-17)11(2)7-12(15)3/h7-8,10,14,16-17H,4-6,9H2,1-3H3. The van der Waals surface area contributed by atoms with Crippen molar-refractivity contribution in [2.45, 2.75) is 57.6 Å². The third-order valence-corrected chi connectivity index (χ3v) is 5.77. The lowest BCUT2D eigenvalue weighted by molar-refractivity contribution is 0.280. The number of hydrogen-bond acceptors (Lipinski definition) is 3. The number of nitrogens with one attached hydrogen (secondary N) is 1. The number of aliphatic hydroxyl groups excluding tert-OH is 1. The minimum absolute atomic E-state index is 0.0354. The lowest BCUT2D eigenvalue weighted by Gasteiger charge is -2.16. The third-order valence-electron chi connectivity index (χ3n) is 4.11. The normalized spacial score (nSPS) is 23.2. The average molecular weight is 297 g/mol. The maximum atomic E-state index is 12.5. The topological polar surface area (TPSA) is 66.4 Å². The van der Waals surface area contributed by atoms with Crippen molar-refractivity contribution in [3.63, 3.8) is 0 Å². The first kappa shape index (κ1) is 15.5. The van der Waals surface area contributed by atoms with E-state index in [-0.39, 0.29) is 17.5 Å². The van der Waals surface area contributed by atoms with E-state index in [1.807, 2.05) is 13.0 Å². The summed E-state index contributed by atoms with van der Waals surface area (Å²) in [4.78, 5) is 0.284. The van der Waals surface area contributed by atoms with Gasteiger partial charge >= 0.3 is 0 Å². The zero-order valence-corrected chi connectivity index (χ0v) is 13.1.